The molecule has 0 unspecified atom stereocenters. The lowest BCUT2D eigenvalue weighted by molar-refractivity contribution is 0.304. The fraction of sp³-hybridized carbons (Fsp3) is 0.750. The number of hydrogen-bond donors (Lipinski definition) is 2. The quantitative estimate of drug-likeness (QED) is 0.759. The molecular formula is C16H30N4. The second-order valence-electron chi connectivity index (χ2n) is 6.08. The Morgan fingerprint density at radius 3 is 2.15 bits per heavy atom. The van der Waals surface area contributed by atoms with Gasteiger partial charge in [0.15, 0.2) is 0 Å². The Labute approximate surface area is 123 Å². The summed E-state index contributed by atoms with van der Waals surface area (Å²) in [5.41, 5.74) is 1.20. The van der Waals surface area contributed by atoms with Crippen molar-refractivity contribution >= 4 is 11.6 Å². The van der Waals surface area contributed by atoms with Gasteiger partial charge < -0.3 is 10.6 Å². The van der Waals surface area contributed by atoms with Crippen LogP contribution in [0.5, 0.6) is 0 Å². The van der Waals surface area contributed by atoms with Gasteiger partial charge in [0.1, 0.15) is 18.0 Å². The lowest BCUT2D eigenvalue weighted by Crippen LogP contribution is -2.25. The molecule has 1 aromatic heterocycles. The summed E-state index contributed by atoms with van der Waals surface area (Å²) in [5.74, 6) is 3.91. The van der Waals surface area contributed by atoms with Crippen molar-refractivity contribution in [3.8, 4) is 0 Å². The third kappa shape index (κ3) is 4.36. The Bertz CT molecular complexity index is 393. The minimum atomic E-state index is 0.650. The van der Waals surface area contributed by atoms with Gasteiger partial charge in [-0.1, -0.05) is 41.0 Å². The van der Waals surface area contributed by atoms with Crippen LogP contribution in [-0.4, -0.2) is 23.6 Å². The van der Waals surface area contributed by atoms with Gasteiger partial charge in [0.2, 0.25) is 0 Å². The van der Waals surface area contributed by atoms with Crippen molar-refractivity contribution in [2.45, 2.75) is 47.5 Å². The van der Waals surface area contributed by atoms with E-state index in [-0.39, 0.29) is 0 Å². The van der Waals surface area contributed by atoms with Crippen molar-refractivity contribution in [2.24, 2.45) is 17.8 Å². The van der Waals surface area contributed by atoms with E-state index in [0.717, 1.165) is 31.0 Å². The van der Waals surface area contributed by atoms with E-state index < -0.39 is 0 Å². The van der Waals surface area contributed by atoms with Crippen molar-refractivity contribution in [3.63, 3.8) is 0 Å². The molecule has 0 spiro atoms. The van der Waals surface area contributed by atoms with E-state index in [1.807, 2.05) is 7.05 Å². The zero-order valence-electron chi connectivity index (χ0n) is 13.8. The third-order valence-corrected chi connectivity index (χ3v) is 3.90. The maximum atomic E-state index is 4.43. The predicted molar refractivity (Wildman–Crippen MR) is 87.2 cm³/mol. The van der Waals surface area contributed by atoms with Crippen LogP contribution in [0.15, 0.2) is 6.33 Å². The fourth-order valence-corrected chi connectivity index (χ4v) is 2.72. The van der Waals surface area contributed by atoms with Crippen LogP contribution in [0.1, 0.15) is 46.6 Å². The number of anilines is 2. The first-order valence-electron chi connectivity index (χ1n) is 7.76. The zero-order chi connectivity index (χ0) is 15.1. The first-order valence-corrected chi connectivity index (χ1v) is 7.76. The van der Waals surface area contributed by atoms with E-state index in [2.05, 4.69) is 55.2 Å². The molecule has 0 aliphatic rings. The maximum Gasteiger partial charge on any atom is 0.134 e. The third-order valence-electron chi connectivity index (χ3n) is 3.90. The van der Waals surface area contributed by atoms with Crippen LogP contribution < -0.4 is 10.6 Å². The number of nitrogens with one attached hydrogen (secondary N) is 2. The molecule has 4 nitrogen and oxygen atoms in total. The number of hydrogen-bond acceptors (Lipinski definition) is 4. The topological polar surface area (TPSA) is 49.8 Å². The summed E-state index contributed by atoms with van der Waals surface area (Å²) in [7, 11) is 1.91. The minimum absolute atomic E-state index is 0.650. The van der Waals surface area contributed by atoms with Gasteiger partial charge in [-0.05, 0) is 24.2 Å². The Balaban J connectivity index is 2.86. The lowest BCUT2D eigenvalue weighted by Gasteiger charge is -2.26. The fourth-order valence-electron chi connectivity index (χ4n) is 2.72. The van der Waals surface area contributed by atoms with Crippen LogP contribution in [0.3, 0.4) is 0 Å². The van der Waals surface area contributed by atoms with Crippen molar-refractivity contribution in [3.05, 3.63) is 11.9 Å². The van der Waals surface area contributed by atoms with Crippen LogP contribution in [0.25, 0.3) is 0 Å². The summed E-state index contributed by atoms with van der Waals surface area (Å²) >= 11 is 0. The number of aromatic nitrogens is 2. The van der Waals surface area contributed by atoms with Gasteiger partial charge in [0.05, 0.1) is 0 Å². The molecule has 0 fully saturated rings. The molecule has 4 heteroatoms. The highest BCUT2D eigenvalue weighted by Crippen LogP contribution is 2.24. The summed E-state index contributed by atoms with van der Waals surface area (Å²) in [4.78, 5) is 8.75. The molecule has 114 valence electrons. The van der Waals surface area contributed by atoms with Gasteiger partial charge in [-0.25, -0.2) is 9.97 Å². The molecule has 0 aliphatic carbocycles. The van der Waals surface area contributed by atoms with E-state index in [1.165, 1.54) is 5.56 Å². The van der Waals surface area contributed by atoms with Crippen LogP contribution in [-0.2, 0) is 6.42 Å². The summed E-state index contributed by atoms with van der Waals surface area (Å²) in [6, 6.07) is 0. The van der Waals surface area contributed by atoms with Gasteiger partial charge in [0, 0.05) is 19.2 Å². The summed E-state index contributed by atoms with van der Waals surface area (Å²) < 4.78 is 0. The molecule has 0 amide bonds. The molecule has 0 saturated carbocycles. The maximum absolute atomic E-state index is 4.43. The normalized spacial score (nSPS) is 11.4. The van der Waals surface area contributed by atoms with Crippen LogP contribution in [0.4, 0.5) is 11.6 Å². The predicted octanol–water partition coefficient (Wildman–Crippen LogP) is 3.81. The van der Waals surface area contributed by atoms with Crippen molar-refractivity contribution in [2.75, 3.05) is 24.2 Å². The van der Waals surface area contributed by atoms with Crippen molar-refractivity contribution in [1.29, 1.82) is 0 Å². The first kappa shape index (κ1) is 16.7. The first-order chi connectivity index (χ1) is 9.51. The largest absolute Gasteiger partial charge is 0.373 e. The Kier molecular flexibility index (Phi) is 6.76. The van der Waals surface area contributed by atoms with Crippen molar-refractivity contribution in [1.82, 2.24) is 9.97 Å². The van der Waals surface area contributed by atoms with E-state index in [0.29, 0.717) is 17.8 Å². The molecule has 0 aromatic carbocycles. The highest BCUT2D eigenvalue weighted by Gasteiger charge is 2.18. The highest BCUT2D eigenvalue weighted by atomic mass is 15.1. The van der Waals surface area contributed by atoms with Gasteiger partial charge in [-0.3, -0.25) is 0 Å². The van der Waals surface area contributed by atoms with Crippen molar-refractivity contribution < 1.29 is 0 Å². The molecule has 2 N–H and O–H groups in total. The van der Waals surface area contributed by atoms with Gasteiger partial charge in [-0.15, -0.1) is 0 Å². The second kappa shape index (κ2) is 8.08. The molecule has 0 saturated heterocycles. The van der Waals surface area contributed by atoms with Gasteiger partial charge in [0.25, 0.3) is 0 Å². The average Bonchev–Trinajstić information content (AvgIpc) is 2.39. The van der Waals surface area contributed by atoms with Gasteiger partial charge >= 0.3 is 0 Å². The Morgan fingerprint density at radius 2 is 1.65 bits per heavy atom. The molecule has 20 heavy (non-hydrogen) atoms. The van der Waals surface area contributed by atoms with E-state index in [9.17, 15) is 0 Å². The summed E-state index contributed by atoms with van der Waals surface area (Å²) in [6.07, 6.45) is 3.72. The Morgan fingerprint density at radius 1 is 1.05 bits per heavy atom. The molecular weight excluding hydrogens is 248 g/mol. The monoisotopic (exact) mass is 278 g/mol. The standard InChI is InChI=1S/C16H30N4/c1-7-8-13-15(17-6)19-10-20-16(13)18-9-14(11(2)3)12(4)5/h10-12,14H,7-9H2,1-6H3,(H2,17,18,19,20). The number of nitrogens with zero attached hydrogens (tertiary/aromatic N) is 2. The molecule has 0 bridgehead atoms. The smallest absolute Gasteiger partial charge is 0.134 e. The molecule has 1 aromatic rings. The molecule has 1 heterocycles. The number of rotatable bonds is 8. The van der Waals surface area contributed by atoms with Crippen LogP contribution in [0, 0.1) is 17.8 Å². The minimum Gasteiger partial charge on any atom is -0.373 e. The molecule has 0 radical (unpaired) electrons. The van der Waals surface area contributed by atoms with E-state index in [1.54, 1.807) is 6.33 Å². The van der Waals surface area contributed by atoms with Crippen LogP contribution >= 0.6 is 0 Å². The second-order valence-corrected chi connectivity index (χ2v) is 6.08. The lowest BCUT2D eigenvalue weighted by atomic mass is 9.85. The zero-order valence-corrected chi connectivity index (χ0v) is 13.8. The average molecular weight is 278 g/mol. The van der Waals surface area contributed by atoms with E-state index in [4.69, 9.17) is 0 Å². The van der Waals surface area contributed by atoms with E-state index >= 15 is 0 Å². The molecule has 1 rings (SSSR count). The Hall–Kier alpha value is -1.32. The summed E-state index contributed by atoms with van der Waals surface area (Å²) in [6.45, 7) is 12.3. The highest BCUT2D eigenvalue weighted by molar-refractivity contribution is 5.57. The SMILES string of the molecule is CCCc1c(NC)ncnc1NCC(C(C)C)C(C)C. The summed E-state index contributed by atoms with van der Waals surface area (Å²) in [5, 5.41) is 6.71. The van der Waals surface area contributed by atoms with Crippen LogP contribution in [0.2, 0.25) is 0 Å². The molecule has 0 aliphatic heterocycles. The van der Waals surface area contributed by atoms with Gasteiger partial charge in [-0.2, -0.15) is 0 Å². The molecule has 0 atom stereocenters.